The predicted octanol–water partition coefficient (Wildman–Crippen LogP) is 9.37. The van der Waals surface area contributed by atoms with Crippen molar-refractivity contribution < 1.29 is 0 Å². The first-order valence-electron chi connectivity index (χ1n) is 12.2. The molecule has 0 saturated carbocycles. The smallest absolute Gasteiger partial charge is 0.00266 e. The zero-order valence-electron chi connectivity index (χ0n) is 19.5. The normalized spacial score (nSPS) is 10.9. The molecule has 0 bridgehead atoms. The Bertz CT molecular complexity index is 1070. The van der Waals surface area contributed by atoms with E-state index in [0.29, 0.717) is 0 Å². The summed E-state index contributed by atoms with van der Waals surface area (Å²) in [5.74, 6) is 0. The molecule has 0 spiro atoms. The third-order valence-corrected chi connectivity index (χ3v) is 6.34. The number of hydrogen-bond donors (Lipinski definition) is 0. The highest BCUT2D eigenvalue weighted by Crippen LogP contribution is 2.42. The van der Waals surface area contributed by atoms with Crippen LogP contribution in [0.2, 0.25) is 0 Å². The van der Waals surface area contributed by atoms with Crippen LogP contribution in [0.1, 0.15) is 50.7 Å². The van der Waals surface area contributed by atoms with Crippen LogP contribution in [-0.2, 0) is 12.8 Å². The highest BCUT2D eigenvalue weighted by Gasteiger charge is 2.17. The minimum absolute atomic E-state index is 1.12. The summed E-state index contributed by atoms with van der Waals surface area (Å²) in [6.07, 6.45) is 7.11. The Hall–Kier alpha value is -3.12. The number of aryl methyl sites for hydroxylation is 2. The van der Waals surface area contributed by atoms with Crippen LogP contribution in [0.25, 0.3) is 33.4 Å². The standard InChI is InChI=1S/C32H34/c1-3-5-15-25-17-10-12-21-28(25)30-23-14-24-31(32(30)27-19-8-7-9-20-27)29-22-13-11-18-26(29)16-6-4-2/h7-14,17-24H,3-6,15-16H2,1-2H3. The fourth-order valence-electron chi connectivity index (χ4n) is 4.65. The summed E-state index contributed by atoms with van der Waals surface area (Å²) in [5, 5.41) is 0. The van der Waals surface area contributed by atoms with Gasteiger partial charge in [-0.25, -0.2) is 0 Å². The van der Waals surface area contributed by atoms with Crippen LogP contribution in [0.15, 0.2) is 97.1 Å². The van der Waals surface area contributed by atoms with Crippen molar-refractivity contribution in [3.05, 3.63) is 108 Å². The van der Waals surface area contributed by atoms with Gasteiger partial charge in [-0.05, 0) is 70.2 Å². The van der Waals surface area contributed by atoms with Crippen LogP contribution < -0.4 is 0 Å². The first-order chi connectivity index (χ1) is 15.8. The van der Waals surface area contributed by atoms with Gasteiger partial charge in [-0.15, -0.1) is 0 Å². The highest BCUT2D eigenvalue weighted by molar-refractivity contribution is 5.95. The van der Waals surface area contributed by atoms with Crippen LogP contribution >= 0.6 is 0 Å². The summed E-state index contributed by atoms with van der Waals surface area (Å²) < 4.78 is 0. The number of hydrogen-bond acceptors (Lipinski definition) is 0. The van der Waals surface area contributed by atoms with Crippen molar-refractivity contribution in [2.24, 2.45) is 0 Å². The Morgan fingerprint density at radius 3 is 1.38 bits per heavy atom. The Labute approximate surface area is 194 Å². The molecule has 0 aromatic heterocycles. The third-order valence-electron chi connectivity index (χ3n) is 6.34. The van der Waals surface area contributed by atoms with Crippen molar-refractivity contribution in [1.29, 1.82) is 0 Å². The molecule has 0 saturated heterocycles. The van der Waals surface area contributed by atoms with Crippen LogP contribution in [-0.4, -0.2) is 0 Å². The van der Waals surface area contributed by atoms with E-state index in [1.165, 1.54) is 70.2 Å². The second kappa shape index (κ2) is 11.0. The predicted molar refractivity (Wildman–Crippen MR) is 140 cm³/mol. The molecule has 0 unspecified atom stereocenters. The highest BCUT2D eigenvalue weighted by atomic mass is 14.2. The van der Waals surface area contributed by atoms with Gasteiger partial charge in [0, 0.05) is 0 Å². The first kappa shape index (κ1) is 22.1. The minimum Gasteiger partial charge on any atom is -0.0654 e. The van der Waals surface area contributed by atoms with E-state index in [1.807, 2.05) is 0 Å². The summed E-state index contributed by atoms with van der Waals surface area (Å²) in [5.41, 5.74) is 10.9. The molecule has 4 aromatic carbocycles. The van der Waals surface area contributed by atoms with E-state index in [4.69, 9.17) is 0 Å². The molecule has 4 aromatic rings. The molecule has 0 nitrogen and oxygen atoms in total. The van der Waals surface area contributed by atoms with Gasteiger partial charge < -0.3 is 0 Å². The molecule has 0 aliphatic carbocycles. The molecule has 4 rings (SSSR count). The van der Waals surface area contributed by atoms with Crippen LogP contribution in [0.3, 0.4) is 0 Å². The molecular formula is C32H34. The Morgan fingerprint density at radius 1 is 0.438 bits per heavy atom. The monoisotopic (exact) mass is 418 g/mol. The van der Waals surface area contributed by atoms with Gasteiger partial charge in [0.05, 0.1) is 0 Å². The first-order valence-corrected chi connectivity index (χ1v) is 12.2. The largest absolute Gasteiger partial charge is 0.0654 e. The Balaban J connectivity index is 1.96. The molecular weight excluding hydrogens is 384 g/mol. The lowest BCUT2D eigenvalue weighted by atomic mass is 9.84. The number of rotatable bonds is 9. The molecule has 0 heteroatoms. The summed E-state index contributed by atoms with van der Waals surface area (Å²) >= 11 is 0. The maximum atomic E-state index is 2.31. The molecule has 0 heterocycles. The Kier molecular flexibility index (Phi) is 7.56. The minimum atomic E-state index is 1.12. The maximum Gasteiger partial charge on any atom is -0.00266 e. The van der Waals surface area contributed by atoms with Crippen LogP contribution in [0, 0.1) is 0 Å². The van der Waals surface area contributed by atoms with Gasteiger partial charge in [-0.2, -0.15) is 0 Å². The summed E-state index contributed by atoms with van der Waals surface area (Å²) in [6.45, 7) is 4.54. The second-order valence-electron chi connectivity index (χ2n) is 8.62. The van der Waals surface area contributed by atoms with E-state index in [9.17, 15) is 0 Å². The van der Waals surface area contributed by atoms with E-state index < -0.39 is 0 Å². The quantitative estimate of drug-likeness (QED) is 0.254. The van der Waals surface area contributed by atoms with Gasteiger partial charge in [-0.1, -0.05) is 124 Å². The van der Waals surface area contributed by atoms with E-state index in [1.54, 1.807) is 0 Å². The van der Waals surface area contributed by atoms with Gasteiger partial charge in [0.25, 0.3) is 0 Å². The molecule has 0 aliphatic rings. The van der Waals surface area contributed by atoms with Gasteiger partial charge in [-0.3, -0.25) is 0 Å². The summed E-state index contributed by atoms with van der Waals surface area (Å²) in [7, 11) is 0. The van der Waals surface area contributed by atoms with E-state index in [0.717, 1.165) is 12.8 Å². The zero-order valence-corrected chi connectivity index (χ0v) is 19.5. The number of benzene rings is 4. The lowest BCUT2D eigenvalue weighted by molar-refractivity contribution is 0.796. The van der Waals surface area contributed by atoms with E-state index in [-0.39, 0.29) is 0 Å². The molecule has 0 aliphatic heterocycles. The lowest BCUT2D eigenvalue weighted by Gasteiger charge is -2.20. The van der Waals surface area contributed by atoms with Crippen LogP contribution in [0.4, 0.5) is 0 Å². The van der Waals surface area contributed by atoms with E-state index in [2.05, 4.69) is 111 Å². The zero-order chi connectivity index (χ0) is 22.2. The molecule has 0 radical (unpaired) electrons. The SMILES string of the molecule is CCCCc1ccccc1-c1cccc(-c2ccccc2CCCC)c1-c1ccccc1. The van der Waals surface area contributed by atoms with Crippen molar-refractivity contribution in [2.75, 3.05) is 0 Å². The fourth-order valence-corrected chi connectivity index (χ4v) is 4.65. The van der Waals surface area contributed by atoms with Gasteiger partial charge in [0.2, 0.25) is 0 Å². The van der Waals surface area contributed by atoms with Gasteiger partial charge >= 0.3 is 0 Å². The summed E-state index contributed by atoms with van der Waals surface area (Å²) in [4.78, 5) is 0. The topological polar surface area (TPSA) is 0 Å². The van der Waals surface area contributed by atoms with Crippen LogP contribution in [0.5, 0.6) is 0 Å². The molecule has 0 fully saturated rings. The Morgan fingerprint density at radius 2 is 0.875 bits per heavy atom. The summed E-state index contributed by atoms with van der Waals surface area (Å²) in [6, 6.07) is 35.7. The maximum absolute atomic E-state index is 2.31. The molecule has 0 amide bonds. The second-order valence-corrected chi connectivity index (χ2v) is 8.62. The average Bonchev–Trinajstić information content (AvgIpc) is 2.86. The lowest BCUT2D eigenvalue weighted by Crippen LogP contribution is -1.97. The number of unbranched alkanes of at least 4 members (excludes halogenated alkanes) is 2. The van der Waals surface area contributed by atoms with Crippen molar-refractivity contribution in [2.45, 2.75) is 52.4 Å². The van der Waals surface area contributed by atoms with Crippen molar-refractivity contribution in [1.82, 2.24) is 0 Å². The molecule has 0 atom stereocenters. The van der Waals surface area contributed by atoms with Gasteiger partial charge in [0.15, 0.2) is 0 Å². The molecule has 162 valence electrons. The third kappa shape index (κ3) is 4.86. The van der Waals surface area contributed by atoms with Crippen molar-refractivity contribution in [3.63, 3.8) is 0 Å². The van der Waals surface area contributed by atoms with Gasteiger partial charge in [0.1, 0.15) is 0 Å². The van der Waals surface area contributed by atoms with Crippen molar-refractivity contribution in [3.8, 4) is 33.4 Å². The average molecular weight is 419 g/mol. The molecule has 0 N–H and O–H groups in total. The van der Waals surface area contributed by atoms with Crippen molar-refractivity contribution >= 4 is 0 Å². The molecule has 32 heavy (non-hydrogen) atoms. The fraction of sp³-hybridized carbons (Fsp3) is 0.250. The van der Waals surface area contributed by atoms with E-state index >= 15 is 0 Å².